The average molecular weight is 1120 g/mol. The highest BCUT2D eigenvalue weighted by Gasteiger charge is 2.22. The fourth-order valence-electron chi connectivity index (χ4n) is 12.5. The molecule has 0 aliphatic heterocycles. The van der Waals surface area contributed by atoms with Crippen LogP contribution in [0.4, 0.5) is 0 Å². The fourth-order valence-corrected chi connectivity index (χ4v) is 12.5. The summed E-state index contributed by atoms with van der Waals surface area (Å²) in [4.78, 5) is 24.7. The maximum Gasteiger partial charge on any atom is 0.138 e. The number of fused-ring (bicyclic) bond motifs is 6. The van der Waals surface area contributed by atoms with E-state index in [1.54, 1.807) is 0 Å². The Morgan fingerprint density at radius 1 is 0.261 bits per heavy atom. The highest BCUT2D eigenvalue weighted by atomic mass is 15.1. The number of rotatable bonds is 11. The number of nitriles is 1. The summed E-state index contributed by atoms with van der Waals surface area (Å²) < 4.78 is 4.65. The molecule has 0 saturated carbocycles. The molecule has 16 aromatic rings. The van der Waals surface area contributed by atoms with Gasteiger partial charge in [-0.15, -0.1) is 0 Å². The molecule has 0 spiro atoms. The highest BCUT2D eigenvalue weighted by molar-refractivity contribution is 6.13. The van der Waals surface area contributed by atoms with Crippen molar-refractivity contribution in [2.45, 2.75) is 0 Å². The first-order valence-electron chi connectivity index (χ1n) is 29.3. The Hall–Kier alpha value is -12.2. The van der Waals surface area contributed by atoms with Crippen molar-refractivity contribution in [1.82, 2.24) is 34.1 Å². The maximum absolute atomic E-state index is 10.1. The van der Waals surface area contributed by atoms with Gasteiger partial charge in [0.25, 0.3) is 0 Å². The third-order valence-electron chi connectivity index (χ3n) is 16.8. The van der Waals surface area contributed by atoms with Gasteiger partial charge in [-0.3, -0.25) is 24.5 Å². The van der Waals surface area contributed by atoms with Gasteiger partial charge in [-0.2, -0.15) is 5.26 Å². The molecule has 0 amide bonds. The Labute approximate surface area is 507 Å². The largest absolute Gasteiger partial charge is 0.307 e. The molecule has 0 atom stereocenters. The monoisotopic (exact) mass is 1120 g/mol. The van der Waals surface area contributed by atoms with Crippen LogP contribution >= 0.6 is 0 Å². The number of benzene rings is 9. The summed E-state index contributed by atoms with van der Waals surface area (Å²) in [6.07, 6.45) is 9.61. The van der Waals surface area contributed by atoms with Crippen LogP contribution in [0.5, 0.6) is 0 Å². The zero-order valence-corrected chi connectivity index (χ0v) is 47.4. The standard InChI is InChI=1S/C80H50N8/c81-50-52-21-23-53(24-22-52)66-49-80(88-77-31-27-60(64-35-39-84-73(47-64)56-17-9-3-10-18-56)43-69(77)70-44-61(28-32-78(70)88)65-36-40-85-74(48-65)57-19-11-4-12-20-57)86-51-79(66)87-75-29-25-58(62-33-37-82-71(45-62)54-13-5-1-6-14-54)41-67(75)68-42-59(26-30-76(68)87)63-34-38-83-72(46-63)55-15-7-2-8-16-55/h1-49,51H. The van der Waals surface area contributed by atoms with Gasteiger partial charge in [0.1, 0.15) is 5.82 Å². The van der Waals surface area contributed by atoms with E-state index in [0.29, 0.717) is 5.56 Å². The molecule has 410 valence electrons. The topological polar surface area (TPSA) is 98.1 Å². The molecular weight excluding hydrogens is 1070 g/mol. The molecule has 0 fully saturated rings. The summed E-state index contributed by atoms with van der Waals surface area (Å²) in [7, 11) is 0. The van der Waals surface area contributed by atoms with Gasteiger partial charge >= 0.3 is 0 Å². The molecule has 0 aliphatic rings. The van der Waals surface area contributed by atoms with Gasteiger partial charge in [-0.05, 0) is 165 Å². The molecule has 0 saturated heterocycles. The zero-order valence-electron chi connectivity index (χ0n) is 47.4. The van der Waals surface area contributed by atoms with Gasteiger partial charge in [0.05, 0.1) is 68.4 Å². The summed E-state index contributed by atoms with van der Waals surface area (Å²) >= 11 is 0. The first-order chi connectivity index (χ1) is 43.5. The molecule has 7 aromatic heterocycles. The van der Waals surface area contributed by atoms with Crippen molar-refractivity contribution >= 4 is 43.6 Å². The molecule has 0 N–H and O–H groups in total. The molecule has 8 heteroatoms. The van der Waals surface area contributed by atoms with Crippen LogP contribution in [0.3, 0.4) is 0 Å². The van der Waals surface area contributed by atoms with Crippen molar-refractivity contribution in [3.05, 3.63) is 310 Å². The van der Waals surface area contributed by atoms with Gasteiger partial charge in [0, 0.05) is 74.1 Å². The van der Waals surface area contributed by atoms with Crippen LogP contribution in [0, 0.1) is 11.3 Å². The van der Waals surface area contributed by atoms with E-state index in [-0.39, 0.29) is 0 Å². The van der Waals surface area contributed by atoms with E-state index >= 15 is 0 Å². The van der Waals surface area contributed by atoms with E-state index in [9.17, 15) is 5.26 Å². The fraction of sp³-hybridized carbons (Fsp3) is 0. The van der Waals surface area contributed by atoms with Crippen LogP contribution in [-0.4, -0.2) is 34.1 Å². The van der Waals surface area contributed by atoms with Crippen molar-refractivity contribution in [3.8, 4) is 118 Å². The Morgan fingerprint density at radius 3 is 0.898 bits per heavy atom. The molecular formula is C80H50N8. The van der Waals surface area contributed by atoms with E-state index in [4.69, 9.17) is 24.9 Å². The first kappa shape index (κ1) is 51.5. The Balaban J connectivity index is 0.903. The predicted molar refractivity (Wildman–Crippen MR) is 358 cm³/mol. The molecule has 16 rings (SSSR count). The van der Waals surface area contributed by atoms with Crippen molar-refractivity contribution in [2.24, 2.45) is 0 Å². The third-order valence-corrected chi connectivity index (χ3v) is 16.8. The van der Waals surface area contributed by atoms with Crippen LogP contribution in [0.15, 0.2) is 304 Å². The number of pyridine rings is 5. The lowest BCUT2D eigenvalue weighted by molar-refractivity contribution is 1.06. The van der Waals surface area contributed by atoms with E-state index in [1.807, 2.05) is 128 Å². The smallest absolute Gasteiger partial charge is 0.138 e. The summed E-state index contributed by atoms with van der Waals surface area (Å²) in [5.74, 6) is 0.748. The van der Waals surface area contributed by atoms with Crippen molar-refractivity contribution in [2.75, 3.05) is 0 Å². The van der Waals surface area contributed by atoms with E-state index in [2.05, 4.69) is 191 Å². The van der Waals surface area contributed by atoms with E-state index < -0.39 is 0 Å². The van der Waals surface area contributed by atoms with Crippen molar-refractivity contribution in [3.63, 3.8) is 0 Å². The molecule has 0 unspecified atom stereocenters. The van der Waals surface area contributed by atoms with Crippen LogP contribution in [0.25, 0.3) is 156 Å². The molecule has 0 radical (unpaired) electrons. The number of nitrogens with zero attached hydrogens (tertiary/aromatic N) is 8. The molecule has 0 aliphatic carbocycles. The van der Waals surface area contributed by atoms with Crippen molar-refractivity contribution < 1.29 is 0 Å². The van der Waals surface area contributed by atoms with Gasteiger partial charge < -0.3 is 4.57 Å². The zero-order chi connectivity index (χ0) is 58.5. The van der Waals surface area contributed by atoms with Gasteiger partial charge in [-0.25, -0.2) is 4.98 Å². The lowest BCUT2D eigenvalue weighted by Gasteiger charge is -2.17. The number of hydrogen-bond acceptors (Lipinski definition) is 6. The van der Waals surface area contributed by atoms with Crippen LogP contribution in [0.1, 0.15) is 5.56 Å². The molecule has 88 heavy (non-hydrogen) atoms. The minimum Gasteiger partial charge on any atom is -0.307 e. The second-order valence-corrected chi connectivity index (χ2v) is 22.0. The van der Waals surface area contributed by atoms with Crippen LogP contribution in [-0.2, 0) is 0 Å². The summed E-state index contributed by atoms with van der Waals surface area (Å²) in [6, 6.07) is 97.8. The van der Waals surface area contributed by atoms with Gasteiger partial charge in [0.2, 0.25) is 0 Å². The van der Waals surface area contributed by atoms with Crippen molar-refractivity contribution in [1.29, 1.82) is 5.26 Å². The first-order valence-corrected chi connectivity index (χ1v) is 29.3. The van der Waals surface area contributed by atoms with Crippen LogP contribution in [0.2, 0.25) is 0 Å². The number of hydrogen-bond donors (Lipinski definition) is 0. The SMILES string of the molecule is N#Cc1ccc(-c2cc(-n3c4ccc(-c5ccnc(-c6ccccc6)c5)cc4c4cc(-c5ccnc(-c6ccccc6)c5)ccc43)ncc2-n2c3ccc(-c4ccnc(-c5ccccc5)c4)cc3c3cc(-c4ccnc(-c5ccccc5)c4)ccc32)cc1. The maximum atomic E-state index is 10.1. The average Bonchev–Trinajstić information content (AvgIpc) is 1.88. The summed E-state index contributed by atoms with van der Waals surface area (Å²) in [6.45, 7) is 0. The summed E-state index contributed by atoms with van der Waals surface area (Å²) in [5, 5.41) is 14.4. The Bertz CT molecular complexity index is 5100. The molecule has 0 bridgehead atoms. The molecule has 7 heterocycles. The number of aromatic nitrogens is 7. The normalized spacial score (nSPS) is 11.4. The predicted octanol–water partition coefficient (Wildman–Crippen LogP) is 19.7. The Morgan fingerprint density at radius 2 is 0.568 bits per heavy atom. The van der Waals surface area contributed by atoms with E-state index in [0.717, 1.165) is 156 Å². The van der Waals surface area contributed by atoms with Gasteiger partial charge in [-0.1, -0.05) is 158 Å². The van der Waals surface area contributed by atoms with Crippen LogP contribution < -0.4 is 0 Å². The second-order valence-electron chi connectivity index (χ2n) is 22.0. The molecule has 8 nitrogen and oxygen atoms in total. The van der Waals surface area contributed by atoms with E-state index in [1.165, 1.54) is 0 Å². The third kappa shape index (κ3) is 9.33. The lowest BCUT2D eigenvalue weighted by atomic mass is 9.99. The minimum absolute atomic E-state index is 0.582. The molecule has 9 aromatic carbocycles. The minimum atomic E-state index is 0.582. The second kappa shape index (κ2) is 21.8. The Kier molecular flexibility index (Phi) is 12.7. The lowest BCUT2D eigenvalue weighted by Crippen LogP contribution is -2.03. The van der Waals surface area contributed by atoms with Gasteiger partial charge in [0.15, 0.2) is 0 Å². The highest BCUT2D eigenvalue weighted by Crippen LogP contribution is 2.43. The quantitative estimate of drug-likeness (QED) is 0.128. The summed E-state index contributed by atoms with van der Waals surface area (Å²) in [5.41, 5.74) is 23.9.